The molecule has 0 atom stereocenters. The van der Waals surface area contributed by atoms with Gasteiger partial charge in [0.25, 0.3) is 0 Å². The van der Waals surface area contributed by atoms with Crippen LogP contribution in [0.1, 0.15) is 65.4 Å². The van der Waals surface area contributed by atoms with Gasteiger partial charge in [-0.25, -0.2) is 19.6 Å². The first-order chi connectivity index (χ1) is 14.1. The number of aromatic carboxylic acids is 2. The van der Waals surface area contributed by atoms with Crippen molar-refractivity contribution in [3.8, 4) is 0 Å². The fourth-order valence-corrected chi connectivity index (χ4v) is 2.85. The highest BCUT2D eigenvalue weighted by atomic mass is 35.5. The van der Waals surface area contributed by atoms with Gasteiger partial charge in [0, 0.05) is 11.6 Å². The van der Waals surface area contributed by atoms with Crippen LogP contribution in [0.5, 0.6) is 0 Å². The zero-order valence-corrected chi connectivity index (χ0v) is 17.8. The second-order valence-corrected chi connectivity index (χ2v) is 7.79. The van der Waals surface area contributed by atoms with E-state index in [9.17, 15) is 9.59 Å². The molecule has 2 aliphatic carbocycles. The number of hydrogen-bond donors (Lipinski definition) is 4. The molecule has 0 radical (unpaired) electrons. The van der Waals surface area contributed by atoms with Gasteiger partial charge in [-0.1, -0.05) is 55.1 Å². The van der Waals surface area contributed by atoms with E-state index in [1.54, 1.807) is 6.07 Å². The molecule has 0 spiro atoms. The van der Waals surface area contributed by atoms with Crippen molar-refractivity contribution < 1.29 is 29.9 Å². The van der Waals surface area contributed by atoms with Gasteiger partial charge in [-0.15, -0.1) is 0 Å². The van der Waals surface area contributed by atoms with Crippen molar-refractivity contribution in [2.75, 3.05) is 0 Å². The molecule has 4 rings (SSSR count). The fourth-order valence-electron chi connectivity index (χ4n) is 2.18. The molecule has 0 aromatic carbocycles. The summed E-state index contributed by atoms with van der Waals surface area (Å²) in [5, 5.41) is 33.9. The summed E-state index contributed by atoms with van der Waals surface area (Å²) in [7, 11) is -1.04. The summed E-state index contributed by atoms with van der Waals surface area (Å²) in [6, 6.07) is 5.94. The number of hydrogen-bond acceptors (Lipinski definition) is 6. The van der Waals surface area contributed by atoms with E-state index in [0.29, 0.717) is 5.92 Å². The summed E-state index contributed by atoms with van der Waals surface area (Å²) >= 11 is 16.6. The Kier molecular flexibility index (Phi) is 10.7. The topological polar surface area (TPSA) is 141 Å². The lowest BCUT2D eigenvalue weighted by molar-refractivity contribution is 0.0685. The Morgan fingerprint density at radius 3 is 1.65 bits per heavy atom. The summed E-state index contributed by atoms with van der Waals surface area (Å²) in [4.78, 5) is 28.5. The molecular formula is C19H22BCl3N2O6. The quantitative estimate of drug-likeness (QED) is 0.358. The summed E-state index contributed by atoms with van der Waals surface area (Å²) in [6.45, 7) is 0. The van der Waals surface area contributed by atoms with Gasteiger partial charge in [-0.2, -0.15) is 0 Å². The maximum atomic E-state index is 10.6. The monoisotopic (exact) mass is 490 g/mol. The largest absolute Gasteiger partial charge is 0.478 e. The second-order valence-electron chi connectivity index (χ2n) is 6.68. The Morgan fingerprint density at radius 2 is 1.32 bits per heavy atom. The van der Waals surface area contributed by atoms with Gasteiger partial charge in [-0.05, 0) is 42.9 Å². The Hall–Kier alpha value is -1.91. The van der Waals surface area contributed by atoms with Crippen LogP contribution in [0.25, 0.3) is 0 Å². The molecule has 2 aromatic heterocycles. The van der Waals surface area contributed by atoms with Crippen LogP contribution in [0.3, 0.4) is 0 Å². The van der Waals surface area contributed by atoms with Gasteiger partial charge in [-0.3, -0.25) is 0 Å². The first-order valence-corrected chi connectivity index (χ1v) is 10.0. The molecule has 2 aromatic rings. The molecule has 4 N–H and O–H groups in total. The van der Waals surface area contributed by atoms with Gasteiger partial charge in [0.05, 0.1) is 11.1 Å². The lowest BCUT2D eigenvalue weighted by Crippen LogP contribution is -2.09. The van der Waals surface area contributed by atoms with E-state index in [4.69, 9.17) is 55.1 Å². The van der Waals surface area contributed by atoms with Crippen LogP contribution < -0.4 is 0 Å². The van der Waals surface area contributed by atoms with E-state index in [1.807, 2.05) is 0 Å². The number of carbonyl (C=O) groups is 2. The van der Waals surface area contributed by atoms with E-state index in [0.717, 1.165) is 31.4 Å². The SMILES string of the molecule is C.O=C(O)c1ccc(C2CC2)nc1Cl.O=C(O)c1ccc(Cl)nc1Cl.OB(O)C1CC1. The Labute approximate surface area is 195 Å². The Balaban J connectivity index is 0.000000243. The van der Waals surface area contributed by atoms with Crippen LogP contribution in [-0.2, 0) is 0 Å². The van der Waals surface area contributed by atoms with Crippen LogP contribution in [0.15, 0.2) is 24.3 Å². The standard InChI is InChI=1S/C9H8ClNO2.C6H3Cl2NO2.C3H7BO2.CH4/c10-8-6(9(12)13)3-4-7(11-8)5-1-2-5;7-4-2-1-3(6(10)11)5(8)9-4;5-4(6)3-1-2-3;/h3-5H,1-2H2,(H,12,13);1-2H,(H,10,11);3,5-6H,1-2H2;1H4. The van der Waals surface area contributed by atoms with Crippen molar-refractivity contribution in [1.29, 1.82) is 0 Å². The summed E-state index contributed by atoms with van der Waals surface area (Å²) < 4.78 is 0. The fraction of sp³-hybridized carbons (Fsp3) is 0.368. The highest BCUT2D eigenvalue weighted by Crippen LogP contribution is 2.39. The maximum Gasteiger partial charge on any atom is 0.454 e. The van der Waals surface area contributed by atoms with Crippen molar-refractivity contribution in [3.63, 3.8) is 0 Å². The maximum absolute atomic E-state index is 10.6. The smallest absolute Gasteiger partial charge is 0.454 e. The molecule has 168 valence electrons. The number of pyridine rings is 2. The van der Waals surface area contributed by atoms with Crippen molar-refractivity contribution in [3.05, 3.63) is 56.5 Å². The second kappa shape index (κ2) is 12.2. The molecule has 0 saturated heterocycles. The minimum Gasteiger partial charge on any atom is -0.478 e. The molecule has 2 aliphatic rings. The molecule has 2 saturated carbocycles. The van der Waals surface area contributed by atoms with Gasteiger partial charge in [0.1, 0.15) is 15.5 Å². The minimum absolute atomic E-state index is 0. The average molecular weight is 492 g/mol. The zero-order chi connectivity index (χ0) is 22.4. The lowest BCUT2D eigenvalue weighted by atomic mass is 9.84. The summed E-state index contributed by atoms with van der Waals surface area (Å²) in [6.07, 6.45) is 4.26. The third-order valence-electron chi connectivity index (χ3n) is 4.19. The number of carboxylic acids is 2. The molecule has 12 heteroatoms. The highest BCUT2D eigenvalue weighted by Gasteiger charge is 2.33. The van der Waals surface area contributed by atoms with E-state index < -0.39 is 19.1 Å². The van der Waals surface area contributed by atoms with E-state index >= 15 is 0 Å². The molecule has 31 heavy (non-hydrogen) atoms. The number of carboxylic acid groups (broad SMARTS) is 2. The van der Waals surface area contributed by atoms with Crippen LogP contribution >= 0.6 is 34.8 Å². The third-order valence-corrected chi connectivity index (χ3v) is 4.97. The minimum atomic E-state index is -1.11. The van der Waals surface area contributed by atoms with Gasteiger partial charge >= 0.3 is 19.1 Å². The first-order valence-electron chi connectivity index (χ1n) is 8.91. The highest BCUT2D eigenvalue weighted by molar-refractivity contribution is 6.44. The summed E-state index contributed by atoms with van der Waals surface area (Å²) in [5.74, 6) is -1.43. The van der Waals surface area contributed by atoms with Crippen LogP contribution in [0.4, 0.5) is 0 Å². The van der Waals surface area contributed by atoms with E-state index in [-0.39, 0.29) is 39.8 Å². The predicted molar refractivity (Wildman–Crippen MR) is 119 cm³/mol. The first kappa shape index (κ1) is 27.1. The molecule has 2 fully saturated rings. The Bertz CT molecular complexity index is 924. The van der Waals surface area contributed by atoms with Crippen molar-refractivity contribution in [2.24, 2.45) is 0 Å². The van der Waals surface area contributed by atoms with Crippen molar-refractivity contribution >= 4 is 53.9 Å². The molecule has 0 amide bonds. The lowest BCUT2D eigenvalue weighted by Gasteiger charge is -2.00. The molecule has 0 unspecified atom stereocenters. The number of halogens is 3. The van der Waals surface area contributed by atoms with Crippen LogP contribution in [0, 0.1) is 0 Å². The van der Waals surface area contributed by atoms with E-state index in [2.05, 4.69) is 9.97 Å². The average Bonchev–Trinajstić information content (AvgIpc) is 3.55. The molecule has 2 heterocycles. The summed E-state index contributed by atoms with van der Waals surface area (Å²) in [5.41, 5.74) is 0.942. The van der Waals surface area contributed by atoms with Gasteiger partial charge in [0.2, 0.25) is 0 Å². The van der Waals surface area contributed by atoms with Crippen LogP contribution in [0.2, 0.25) is 21.3 Å². The van der Waals surface area contributed by atoms with Crippen molar-refractivity contribution in [1.82, 2.24) is 9.97 Å². The van der Waals surface area contributed by atoms with E-state index in [1.165, 1.54) is 18.2 Å². The Morgan fingerprint density at radius 1 is 0.839 bits per heavy atom. The number of aromatic nitrogens is 2. The van der Waals surface area contributed by atoms with Crippen LogP contribution in [-0.4, -0.2) is 49.3 Å². The number of rotatable bonds is 4. The molecule has 8 nitrogen and oxygen atoms in total. The molecule has 0 aliphatic heterocycles. The molecular weight excluding hydrogens is 469 g/mol. The third kappa shape index (κ3) is 9.00. The number of nitrogens with zero attached hydrogens (tertiary/aromatic N) is 2. The van der Waals surface area contributed by atoms with Gasteiger partial charge in [0.15, 0.2) is 0 Å². The van der Waals surface area contributed by atoms with Crippen molar-refractivity contribution in [2.45, 2.75) is 44.8 Å². The zero-order valence-electron chi connectivity index (χ0n) is 15.5. The normalized spacial score (nSPS) is 14.1. The molecule has 0 bridgehead atoms. The van der Waals surface area contributed by atoms with Gasteiger partial charge < -0.3 is 20.3 Å². The predicted octanol–water partition coefficient (Wildman–Crippen LogP) is 4.66.